The van der Waals surface area contributed by atoms with Gasteiger partial charge in [0.15, 0.2) is 11.6 Å². The van der Waals surface area contributed by atoms with E-state index >= 15 is 13.2 Å². The Bertz CT molecular complexity index is 1130. The molecule has 0 bridgehead atoms. The van der Waals surface area contributed by atoms with Gasteiger partial charge in [0.25, 0.3) is 0 Å². The van der Waals surface area contributed by atoms with Gasteiger partial charge in [0, 0.05) is 11.1 Å². The van der Waals surface area contributed by atoms with E-state index in [9.17, 15) is 0 Å². The van der Waals surface area contributed by atoms with Crippen LogP contribution in [0.2, 0.25) is 0 Å². The van der Waals surface area contributed by atoms with E-state index in [1.165, 1.54) is 70.6 Å². The Morgan fingerprint density at radius 2 is 1.26 bits per heavy atom. The van der Waals surface area contributed by atoms with Gasteiger partial charge in [-0.15, -0.1) is 0 Å². The first-order valence-corrected chi connectivity index (χ1v) is 15.9. The molecule has 0 nitrogen and oxygen atoms in total. The SMILES string of the molecule is CCCC1CCC(CCc2ccc3c(c2F)-c2c-3cc(C3CCC(C4CCCCC4)CC3)c(F)c2F)CC1. The topological polar surface area (TPSA) is 0 Å². The van der Waals surface area contributed by atoms with Crippen molar-refractivity contribution in [2.45, 2.75) is 122 Å². The van der Waals surface area contributed by atoms with Gasteiger partial charge in [0.2, 0.25) is 0 Å². The summed E-state index contributed by atoms with van der Waals surface area (Å²) in [7, 11) is 0. The van der Waals surface area contributed by atoms with Crippen LogP contribution in [0.5, 0.6) is 0 Å². The third kappa shape index (κ3) is 4.97. The molecule has 0 heterocycles. The summed E-state index contributed by atoms with van der Waals surface area (Å²) in [4.78, 5) is 0. The van der Waals surface area contributed by atoms with Crippen molar-refractivity contribution in [3.63, 3.8) is 0 Å². The summed E-state index contributed by atoms with van der Waals surface area (Å²) in [5, 5.41) is 0. The molecule has 4 aliphatic carbocycles. The molecule has 3 heteroatoms. The third-order valence-electron chi connectivity index (χ3n) is 11.0. The average Bonchev–Trinajstić information content (AvgIpc) is 2.94. The molecule has 3 saturated carbocycles. The summed E-state index contributed by atoms with van der Waals surface area (Å²) in [6.07, 6.45) is 20.3. The van der Waals surface area contributed by atoms with E-state index < -0.39 is 11.6 Å². The maximum Gasteiger partial charge on any atom is 0.167 e. The zero-order chi connectivity index (χ0) is 26.2. The molecule has 0 spiro atoms. The Labute approximate surface area is 227 Å². The molecule has 0 unspecified atom stereocenters. The summed E-state index contributed by atoms with van der Waals surface area (Å²) in [6.45, 7) is 2.26. The highest BCUT2D eigenvalue weighted by Crippen LogP contribution is 2.53. The lowest BCUT2D eigenvalue weighted by Crippen LogP contribution is -2.23. The van der Waals surface area contributed by atoms with E-state index in [-0.39, 0.29) is 17.3 Å². The molecule has 0 saturated heterocycles. The number of rotatable bonds is 7. The third-order valence-corrected chi connectivity index (χ3v) is 11.0. The van der Waals surface area contributed by atoms with Crippen molar-refractivity contribution in [1.82, 2.24) is 0 Å². The molecule has 0 aliphatic heterocycles. The molecule has 4 aliphatic rings. The predicted octanol–water partition coefficient (Wildman–Crippen LogP) is 11.1. The fourth-order valence-electron chi connectivity index (χ4n) is 8.70. The number of benzene rings is 2. The van der Waals surface area contributed by atoms with Crippen LogP contribution < -0.4 is 0 Å². The zero-order valence-corrected chi connectivity index (χ0v) is 23.3. The Balaban J connectivity index is 1.13. The lowest BCUT2D eigenvalue weighted by molar-refractivity contribution is 0.185. The molecule has 206 valence electrons. The van der Waals surface area contributed by atoms with Gasteiger partial charge in [-0.1, -0.05) is 89.7 Å². The molecular weight excluding hydrogens is 477 g/mol. The van der Waals surface area contributed by atoms with Crippen LogP contribution in [0.1, 0.15) is 127 Å². The van der Waals surface area contributed by atoms with Crippen molar-refractivity contribution >= 4 is 0 Å². The molecule has 0 atom stereocenters. The van der Waals surface area contributed by atoms with E-state index in [1.54, 1.807) is 0 Å². The normalized spacial score (nSPS) is 27.5. The van der Waals surface area contributed by atoms with Crippen LogP contribution in [0, 0.1) is 41.1 Å². The van der Waals surface area contributed by atoms with Crippen LogP contribution >= 0.6 is 0 Å². The van der Waals surface area contributed by atoms with Crippen molar-refractivity contribution in [2.75, 3.05) is 0 Å². The molecule has 0 radical (unpaired) electrons. The van der Waals surface area contributed by atoms with Crippen LogP contribution in [-0.2, 0) is 6.42 Å². The second kappa shape index (κ2) is 11.4. The smallest absolute Gasteiger partial charge is 0.167 e. The monoisotopic (exact) mass is 522 g/mol. The Hall–Kier alpha value is -1.77. The first-order valence-electron chi connectivity index (χ1n) is 15.9. The van der Waals surface area contributed by atoms with Gasteiger partial charge in [-0.3, -0.25) is 0 Å². The van der Waals surface area contributed by atoms with Crippen LogP contribution in [0.25, 0.3) is 22.3 Å². The summed E-state index contributed by atoms with van der Waals surface area (Å²) in [6, 6.07) is 5.71. The van der Waals surface area contributed by atoms with Crippen molar-refractivity contribution in [3.05, 3.63) is 46.8 Å². The lowest BCUT2D eigenvalue weighted by atomic mass is 9.69. The lowest BCUT2D eigenvalue weighted by Gasteiger charge is -2.36. The number of hydrogen-bond acceptors (Lipinski definition) is 0. The number of aryl methyl sites for hydroxylation is 1. The molecule has 0 aromatic heterocycles. The number of hydrogen-bond donors (Lipinski definition) is 0. The Morgan fingerprint density at radius 3 is 1.95 bits per heavy atom. The van der Waals surface area contributed by atoms with Gasteiger partial charge in [0.1, 0.15) is 5.82 Å². The molecule has 38 heavy (non-hydrogen) atoms. The highest BCUT2D eigenvalue weighted by molar-refractivity contribution is 6.03. The molecule has 2 aromatic rings. The van der Waals surface area contributed by atoms with E-state index in [1.807, 2.05) is 18.2 Å². The van der Waals surface area contributed by atoms with Crippen LogP contribution in [0.15, 0.2) is 18.2 Å². The minimum Gasteiger partial charge on any atom is -0.206 e. The largest absolute Gasteiger partial charge is 0.206 e. The summed E-state index contributed by atoms with van der Waals surface area (Å²) >= 11 is 0. The first-order chi connectivity index (χ1) is 18.5. The highest BCUT2D eigenvalue weighted by atomic mass is 19.2. The van der Waals surface area contributed by atoms with E-state index in [0.717, 1.165) is 55.4 Å². The van der Waals surface area contributed by atoms with Crippen molar-refractivity contribution in [2.24, 2.45) is 23.7 Å². The predicted molar refractivity (Wildman–Crippen MR) is 151 cm³/mol. The minimum atomic E-state index is -0.829. The maximum atomic E-state index is 15.6. The molecule has 2 aromatic carbocycles. The number of fused-ring (bicyclic) bond motifs is 4. The zero-order valence-electron chi connectivity index (χ0n) is 23.3. The fourth-order valence-corrected chi connectivity index (χ4v) is 8.70. The van der Waals surface area contributed by atoms with Crippen LogP contribution in [-0.4, -0.2) is 0 Å². The molecule has 3 fully saturated rings. The van der Waals surface area contributed by atoms with Gasteiger partial charge < -0.3 is 0 Å². The van der Waals surface area contributed by atoms with Gasteiger partial charge >= 0.3 is 0 Å². The minimum absolute atomic E-state index is 0.0789. The van der Waals surface area contributed by atoms with E-state index in [2.05, 4.69) is 6.92 Å². The summed E-state index contributed by atoms with van der Waals surface area (Å²) < 4.78 is 46.5. The molecular formula is C35H45F3. The van der Waals surface area contributed by atoms with Gasteiger partial charge in [0.05, 0.1) is 0 Å². The molecule has 0 amide bonds. The van der Waals surface area contributed by atoms with Gasteiger partial charge in [-0.2, -0.15) is 0 Å². The first kappa shape index (κ1) is 26.5. The summed E-state index contributed by atoms with van der Waals surface area (Å²) in [5.74, 6) is 1.31. The van der Waals surface area contributed by atoms with Crippen LogP contribution in [0.3, 0.4) is 0 Å². The van der Waals surface area contributed by atoms with Crippen LogP contribution in [0.4, 0.5) is 13.2 Å². The van der Waals surface area contributed by atoms with Crippen molar-refractivity contribution in [1.29, 1.82) is 0 Å². The number of halogens is 3. The fraction of sp³-hybridized carbons (Fsp3) is 0.657. The molecule has 6 rings (SSSR count). The van der Waals surface area contributed by atoms with E-state index in [0.29, 0.717) is 34.6 Å². The van der Waals surface area contributed by atoms with Crippen molar-refractivity contribution < 1.29 is 13.2 Å². The average molecular weight is 523 g/mol. The Morgan fingerprint density at radius 1 is 0.632 bits per heavy atom. The molecule has 0 N–H and O–H groups in total. The van der Waals surface area contributed by atoms with E-state index in [4.69, 9.17) is 0 Å². The highest BCUT2D eigenvalue weighted by Gasteiger charge is 2.37. The van der Waals surface area contributed by atoms with Gasteiger partial charge in [-0.05, 0) is 96.4 Å². The van der Waals surface area contributed by atoms with Gasteiger partial charge in [-0.25, -0.2) is 13.2 Å². The summed E-state index contributed by atoms with van der Waals surface area (Å²) in [5.41, 5.74) is 3.15. The second-order valence-electron chi connectivity index (χ2n) is 13.2. The Kier molecular flexibility index (Phi) is 7.92. The quantitative estimate of drug-likeness (QED) is 0.289. The van der Waals surface area contributed by atoms with Crippen molar-refractivity contribution in [3.8, 4) is 22.3 Å². The maximum absolute atomic E-state index is 15.6. The second-order valence-corrected chi connectivity index (χ2v) is 13.2. The standard InChI is InChI=1S/C35H45F3/c1-2-6-22-9-11-23(12-10-22)13-14-27-19-20-28-30-21-29(34(37)35(38)32(30)31(28)33(27)36)26-17-15-25(16-18-26)24-7-4-3-5-8-24/h19-26H,2-18H2,1H3.